The number of carbonyl (C=O) groups is 2. The molecule has 4 N–H and O–H groups in total. The van der Waals surface area contributed by atoms with Gasteiger partial charge in [0.15, 0.2) is 6.61 Å². The number of anilines is 1. The molecular weight excluding hydrogens is 210 g/mol. The maximum atomic E-state index is 10.8. The Morgan fingerprint density at radius 2 is 2.19 bits per heavy atom. The van der Waals surface area contributed by atoms with Gasteiger partial charge < -0.3 is 10.1 Å². The van der Waals surface area contributed by atoms with E-state index in [0.29, 0.717) is 11.4 Å². The quantitative estimate of drug-likeness (QED) is 0.381. The molecule has 6 heteroatoms. The second-order valence-electron chi connectivity index (χ2n) is 3.07. The zero-order valence-corrected chi connectivity index (χ0v) is 8.82. The van der Waals surface area contributed by atoms with E-state index in [1.807, 2.05) is 5.43 Å². The molecule has 0 saturated carbocycles. The SMILES string of the molecule is CC(=O)Nc1cccc(OCC(=O)NN)c1. The topological polar surface area (TPSA) is 93.4 Å². The highest BCUT2D eigenvalue weighted by Gasteiger charge is 2.01. The Bertz CT molecular complexity index is 393. The van der Waals surface area contributed by atoms with Gasteiger partial charge in [0.25, 0.3) is 5.91 Å². The van der Waals surface area contributed by atoms with E-state index in [1.165, 1.54) is 6.92 Å². The van der Waals surface area contributed by atoms with Crippen LogP contribution in [0.25, 0.3) is 0 Å². The van der Waals surface area contributed by atoms with Crippen molar-refractivity contribution in [2.24, 2.45) is 5.84 Å². The molecule has 0 bridgehead atoms. The third-order valence-corrected chi connectivity index (χ3v) is 1.69. The van der Waals surface area contributed by atoms with Crippen LogP contribution in [0.3, 0.4) is 0 Å². The standard InChI is InChI=1S/C10H13N3O3/c1-7(14)12-8-3-2-4-9(5-8)16-6-10(15)13-11/h2-5H,6,11H2,1H3,(H,12,14)(H,13,15). The number of hydrogen-bond donors (Lipinski definition) is 3. The lowest BCUT2D eigenvalue weighted by Gasteiger charge is -2.07. The number of nitrogens with two attached hydrogens (primary N) is 1. The lowest BCUT2D eigenvalue weighted by atomic mass is 10.3. The van der Waals surface area contributed by atoms with E-state index in [2.05, 4.69) is 5.32 Å². The van der Waals surface area contributed by atoms with Gasteiger partial charge in [-0.15, -0.1) is 0 Å². The molecule has 1 rings (SSSR count). The van der Waals surface area contributed by atoms with Crippen molar-refractivity contribution in [1.82, 2.24) is 5.43 Å². The Morgan fingerprint density at radius 3 is 2.81 bits per heavy atom. The predicted octanol–water partition coefficient (Wildman–Crippen LogP) is 0.0137. The molecule has 1 aromatic carbocycles. The van der Waals surface area contributed by atoms with Crippen LogP contribution in [-0.2, 0) is 9.59 Å². The lowest BCUT2D eigenvalue weighted by molar-refractivity contribution is -0.123. The van der Waals surface area contributed by atoms with Crippen molar-refractivity contribution in [1.29, 1.82) is 0 Å². The number of ether oxygens (including phenoxy) is 1. The van der Waals surface area contributed by atoms with Crippen molar-refractivity contribution in [3.05, 3.63) is 24.3 Å². The molecule has 0 aliphatic heterocycles. The first-order valence-electron chi connectivity index (χ1n) is 4.61. The summed E-state index contributed by atoms with van der Waals surface area (Å²) in [4.78, 5) is 21.6. The number of carbonyl (C=O) groups excluding carboxylic acids is 2. The summed E-state index contributed by atoms with van der Waals surface area (Å²) in [6.45, 7) is 1.25. The van der Waals surface area contributed by atoms with Crippen molar-refractivity contribution >= 4 is 17.5 Å². The van der Waals surface area contributed by atoms with Crippen molar-refractivity contribution in [3.63, 3.8) is 0 Å². The molecule has 86 valence electrons. The van der Waals surface area contributed by atoms with Gasteiger partial charge >= 0.3 is 0 Å². The molecule has 0 aromatic heterocycles. The van der Waals surface area contributed by atoms with Crippen LogP contribution < -0.4 is 21.3 Å². The molecular formula is C10H13N3O3. The minimum absolute atomic E-state index is 0.167. The number of hydrogen-bond acceptors (Lipinski definition) is 4. The van der Waals surface area contributed by atoms with Gasteiger partial charge in [0.05, 0.1) is 0 Å². The Labute approximate surface area is 92.7 Å². The second kappa shape index (κ2) is 5.72. The van der Waals surface area contributed by atoms with Gasteiger partial charge in [0, 0.05) is 18.7 Å². The van der Waals surface area contributed by atoms with Crippen LogP contribution in [0.1, 0.15) is 6.92 Å². The van der Waals surface area contributed by atoms with E-state index < -0.39 is 5.91 Å². The molecule has 0 aliphatic rings. The Morgan fingerprint density at radius 1 is 1.44 bits per heavy atom. The first-order valence-corrected chi connectivity index (χ1v) is 4.61. The molecule has 16 heavy (non-hydrogen) atoms. The molecule has 1 aromatic rings. The molecule has 0 heterocycles. The van der Waals surface area contributed by atoms with Crippen molar-refractivity contribution < 1.29 is 14.3 Å². The van der Waals surface area contributed by atoms with Gasteiger partial charge in [-0.3, -0.25) is 15.0 Å². The van der Waals surface area contributed by atoms with E-state index in [1.54, 1.807) is 24.3 Å². The fourth-order valence-electron chi connectivity index (χ4n) is 1.06. The molecule has 6 nitrogen and oxygen atoms in total. The van der Waals surface area contributed by atoms with Gasteiger partial charge in [-0.2, -0.15) is 0 Å². The summed E-state index contributed by atoms with van der Waals surface area (Å²) in [7, 11) is 0. The first kappa shape index (κ1) is 12.0. The number of amides is 2. The number of hydrazine groups is 1. The number of nitrogens with one attached hydrogen (secondary N) is 2. The Kier molecular flexibility index (Phi) is 4.28. The number of benzene rings is 1. The third kappa shape index (κ3) is 3.97. The van der Waals surface area contributed by atoms with Gasteiger partial charge in [-0.05, 0) is 12.1 Å². The highest BCUT2D eigenvalue weighted by Crippen LogP contribution is 2.16. The average Bonchev–Trinajstić information content (AvgIpc) is 2.25. The van der Waals surface area contributed by atoms with Crippen LogP contribution in [0.5, 0.6) is 5.75 Å². The minimum atomic E-state index is -0.426. The molecule has 0 fully saturated rings. The lowest BCUT2D eigenvalue weighted by Crippen LogP contribution is -2.34. The van der Waals surface area contributed by atoms with Crippen LogP contribution in [0, 0.1) is 0 Å². The smallest absolute Gasteiger partial charge is 0.271 e. The van der Waals surface area contributed by atoms with Crippen LogP contribution in [0.2, 0.25) is 0 Å². The fraction of sp³-hybridized carbons (Fsp3) is 0.200. The molecule has 0 aliphatic carbocycles. The van der Waals surface area contributed by atoms with Gasteiger partial charge in [0.2, 0.25) is 5.91 Å². The van der Waals surface area contributed by atoms with E-state index in [4.69, 9.17) is 10.6 Å². The van der Waals surface area contributed by atoms with Crippen LogP contribution in [0.15, 0.2) is 24.3 Å². The molecule has 0 unspecified atom stereocenters. The zero-order valence-electron chi connectivity index (χ0n) is 8.82. The highest BCUT2D eigenvalue weighted by molar-refractivity contribution is 5.88. The predicted molar refractivity (Wildman–Crippen MR) is 58.6 cm³/mol. The first-order chi connectivity index (χ1) is 7.61. The monoisotopic (exact) mass is 223 g/mol. The third-order valence-electron chi connectivity index (χ3n) is 1.69. The van der Waals surface area contributed by atoms with Crippen molar-refractivity contribution in [2.75, 3.05) is 11.9 Å². The summed E-state index contributed by atoms with van der Waals surface area (Å²) >= 11 is 0. The van der Waals surface area contributed by atoms with Gasteiger partial charge in [-0.25, -0.2) is 5.84 Å². The zero-order chi connectivity index (χ0) is 12.0. The summed E-state index contributed by atoms with van der Waals surface area (Å²) in [5.41, 5.74) is 2.56. The minimum Gasteiger partial charge on any atom is -0.484 e. The fourth-order valence-corrected chi connectivity index (χ4v) is 1.06. The summed E-state index contributed by atoms with van der Waals surface area (Å²) in [5.74, 6) is 4.78. The van der Waals surface area contributed by atoms with Crippen LogP contribution in [0.4, 0.5) is 5.69 Å². The van der Waals surface area contributed by atoms with E-state index >= 15 is 0 Å². The molecule has 0 radical (unpaired) electrons. The van der Waals surface area contributed by atoms with E-state index in [0.717, 1.165) is 0 Å². The highest BCUT2D eigenvalue weighted by atomic mass is 16.5. The Hall–Kier alpha value is -2.08. The van der Waals surface area contributed by atoms with Crippen molar-refractivity contribution in [3.8, 4) is 5.75 Å². The van der Waals surface area contributed by atoms with E-state index in [-0.39, 0.29) is 12.5 Å². The van der Waals surface area contributed by atoms with Crippen LogP contribution in [-0.4, -0.2) is 18.4 Å². The average molecular weight is 223 g/mol. The maximum absolute atomic E-state index is 10.8. The van der Waals surface area contributed by atoms with Crippen LogP contribution >= 0.6 is 0 Å². The normalized spacial score (nSPS) is 9.38. The van der Waals surface area contributed by atoms with E-state index in [9.17, 15) is 9.59 Å². The second-order valence-corrected chi connectivity index (χ2v) is 3.07. The van der Waals surface area contributed by atoms with Gasteiger partial charge in [0.1, 0.15) is 5.75 Å². The Balaban J connectivity index is 2.60. The van der Waals surface area contributed by atoms with Crippen molar-refractivity contribution in [2.45, 2.75) is 6.92 Å². The molecule has 0 spiro atoms. The summed E-state index contributed by atoms with van der Waals surface area (Å²) in [6.07, 6.45) is 0. The maximum Gasteiger partial charge on any atom is 0.271 e. The van der Waals surface area contributed by atoms with Gasteiger partial charge in [-0.1, -0.05) is 6.07 Å². The summed E-state index contributed by atoms with van der Waals surface area (Å²) in [6, 6.07) is 6.72. The summed E-state index contributed by atoms with van der Waals surface area (Å²) in [5, 5.41) is 2.60. The number of rotatable bonds is 4. The summed E-state index contributed by atoms with van der Waals surface area (Å²) < 4.78 is 5.14. The molecule has 0 atom stereocenters. The largest absolute Gasteiger partial charge is 0.484 e. The molecule has 0 saturated heterocycles. The molecule has 2 amide bonds.